The zero-order valence-corrected chi connectivity index (χ0v) is 4.76. The molecule has 0 atom stereocenters. The average molecular weight is 108 g/mol. The van der Waals surface area contributed by atoms with E-state index in [1.165, 1.54) is 11.1 Å². The van der Waals surface area contributed by atoms with E-state index >= 15 is 0 Å². The number of fused-ring (bicyclic) bond motifs is 1. The molecule has 0 aromatic rings. The molecule has 1 nitrogen and oxygen atoms in total. The Morgan fingerprint density at radius 2 is 1.62 bits per heavy atom. The van der Waals surface area contributed by atoms with E-state index in [0.717, 1.165) is 7.11 Å². The van der Waals surface area contributed by atoms with Crippen LogP contribution in [0.1, 0.15) is 0 Å². The maximum atomic E-state index is 7.00. The van der Waals surface area contributed by atoms with Gasteiger partial charge in [-0.2, -0.15) is 0 Å². The van der Waals surface area contributed by atoms with Crippen LogP contribution in [0.25, 0.3) is 11.1 Å². The van der Waals surface area contributed by atoms with E-state index in [1.807, 2.05) is 0 Å². The summed E-state index contributed by atoms with van der Waals surface area (Å²) in [7, 11) is 1.00. The van der Waals surface area contributed by atoms with Crippen LogP contribution >= 0.6 is 0 Å². The van der Waals surface area contributed by atoms with Crippen molar-refractivity contribution < 1.29 is 5.11 Å². The second-order valence-electron chi connectivity index (χ2n) is 1.58. The van der Waals surface area contributed by atoms with Gasteiger partial charge in [0.05, 0.1) is 0 Å². The maximum Gasteiger partial charge on any atom is 0.0319 e. The lowest BCUT2D eigenvalue weighted by molar-refractivity contribution is 0.399. The van der Waals surface area contributed by atoms with E-state index < -0.39 is 0 Å². The van der Waals surface area contributed by atoms with E-state index in [4.69, 9.17) is 5.11 Å². The van der Waals surface area contributed by atoms with Crippen molar-refractivity contribution >= 4 is 0 Å². The zero-order valence-electron chi connectivity index (χ0n) is 4.76. The van der Waals surface area contributed by atoms with E-state index in [0.29, 0.717) is 0 Å². The molecule has 0 aromatic heterocycles. The van der Waals surface area contributed by atoms with Crippen molar-refractivity contribution in [1.29, 1.82) is 0 Å². The van der Waals surface area contributed by atoms with Crippen molar-refractivity contribution in [3.05, 3.63) is 24.3 Å². The van der Waals surface area contributed by atoms with Gasteiger partial charge < -0.3 is 5.11 Å². The molecule has 42 valence electrons. The third kappa shape index (κ3) is 0.724. The molecule has 0 saturated carbocycles. The minimum Gasteiger partial charge on any atom is -0.400 e. The Balaban J connectivity index is 0.000000147. The zero-order chi connectivity index (χ0) is 5.98. The molecule has 0 radical (unpaired) electrons. The number of hydrogen-bond acceptors (Lipinski definition) is 1. The van der Waals surface area contributed by atoms with Crippen molar-refractivity contribution in [3.8, 4) is 11.1 Å². The third-order valence-electron chi connectivity index (χ3n) is 1.11. The summed E-state index contributed by atoms with van der Waals surface area (Å²) in [6, 6.07) is 8.48. The Hall–Kier alpha value is -0.820. The van der Waals surface area contributed by atoms with Crippen LogP contribution in [-0.4, -0.2) is 12.2 Å². The first kappa shape index (κ1) is 5.32. The number of benzene rings is 1. The Labute approximate surface area is 48.6 Å². The Bertz CT molecular complexity index is 164. The van der Waals surface area contributed by atoms with Crippen molar-refractivity contribution in [2.45, 2.75) is 0 Å². The molecule has 2 aliphatic carbocycles. The van der Waals surface area contributed by atoms with Crippen LogP contribution in [0.4, 0.5) is 0 Å². The van der Waals surface area contributed by atoms with Gasteiger partial charge >= 0.3 is 0 Å². The summed E-state index contributed by atoms with van der Waals surface area (Å²) in [5.74, 6) is 0. The average Bonchev–Trinajstić information content (AvgIpc) is 2.46. The molecule has 1 N–H and O–H groups in total. The molecule has 0 unspecified atom stereocenters. The summed E-state index contributed by atoms with van der Waals surface area (Å²) in [6.07, 6.45) is 0. The van der Waals surface area contributed by atoms with Crippen LogP contribution in [0, 0.1) is 0 Å². The molecule has 0 aliphatic heterocycles. The summed E-state index contributed by atoms with van der Waals surface area (Å²) >= 11 is 0. The maximum absolute atomic E-state index is 7.00. The van der Waals surface area contributed by atoms with Gasteiger partial charge in [0.15, 0.2) is 0 Å². The monoisotopic (exact) mass is 108 g/mol. The molecule has 0 aromatic carbocycles. The first-order chi connectivity index (χ1) is 3.97. The Kier molecular flexibility index (Phi) is 1.31. The van der Waals surface area contributed by atoms with Gasteiger partial charge in [0, 0.05) is 7.11 Å². The normalized spacial score (nSPS) is 9.25. The fourth-order valence-corrected chi connectivity index (χ4v) is 0.676. The minimum absolute atomic E-state index is 1.00. The van der Waals surface area contributed by atoms with Crippen LogP contribution in [-0.2, 0) is 0 Å². The molecule has 0 bridgehead atoms. The Morgan fingerprint density at radius 3 is 1.75 bits per heavy atom. The number of hydrogen-bond donors (Lipinski definition) is 1. The van der Waals surface area contributed by atoms with Gasteiger partial charge in [-0.1, -0.05) is 18.2 Å². The lowest BCUT2D eigenvalue weighted by Gasteiger charge is -1.48. The highest BCUT2D eigenvalue weighted by atomic mass is 16.2. The topological polar surface area (TPSA) is 20.2 Å². The van der Waals surface area contributed by atoms with Gasteiger partial charge in [-0.05, 0) is 17.2 Å². The van der Waals surface area contributed by atoms with Crippen molar-refractivity contribution in [2.75, 3.05) is 7.11 Å². The summed E-state index contributed by atoms with van der Waals surface area (Å²) in [5, 5.41) is 7.00. The number of rotatable bonds is 0. The van der Waals surface area contributed by atoms with Crippen molar-refractivity contribution in [3.63, 3.8) is 0 Å². The fourth-order valence-electron chi connectivity index (χ4n) is 0.676. The van der Waals surface area contributed by atoms with E-state index in [-0.39, 0.29) is 0 Å². The third-order valence-corrected chi connectivity index (χ3v) is 1.11. The van der Waals surface area contributed by atoms with E-state index in [1.54, 1.807) is 0 Å². The molecule has 0 amide bonds. The highest BCUT2D eigenvalue weighted by Gasteiger charge is 2.06. The van der Waals surface area contributed by atoms with Crippen LogP contribution in [0.15, 0.2) is 24.3 Å². The Morgan fingerprint density at radius 1 is 1.12 bits per heavy atom. The van der Waals surface area contributed by atoms with Gasteiger partial charge in [-0.3, -0.25) is 0 Å². The molecule has 0 fully saturated rings. The molecule has 1 heteroatoms. The van der Waals surface area contributed by atoms with Crippen molar-refractivity contribution in [1.82, 2.24) is 0 Å². The quantitative estimate of drug-likeness (QED) is 0.539. The second-order valence-corrected chi connectivity index (χ2v) is 1.58. The predicted molar refractivity (Wildman–Crippen MR) is 33.6 cm³/mol. The van der Waals surface area contributed by atoms with Gasteiger partial charge in [-0.15, -0.1) is 0 Å². The molecule has 8 heavy (non-hydrogen) atoms. The predicted octanol–water partition coefficient (Wildman–Crippen LogP) is 1.28. The summed E-state index contributed by atoms with van der Waals surface area (Å²) in [4.78, 5) is 0. The first-order valence-corrected chi connectivity index (χ1v) is 2.52. The number of aliphatic hydroxyl groups is 1. The highest BCUT2D eigenvalue weighted by molar-refractivity contribution is 5.80. The molecular formula is C7H8O. The van der Waals surface area contributed by atoms with Crippen LogP contribution < -0.4 is 0 Å². The first-order valence-electron chi connectivity index (χ1n) is 2.52. The van der Waals surface area contributed by atoms with Gasteiger partial charge in [-0.25, -0.2) is 0 Å². The largest absolute Gasteiger partial charge is 0.400 e. The van der Waals surface area contributed by atoms with Gasteiger partial charge in [0.25, 0.3) is 0 Å². The molecule has 2 aliphatic rings. The SMILES string of the molecule is CO.c1cc2cc-2c1. The van der Waals surface area contributed by atoms with Crippen LogP contribution in [0.2, 0.25) is 0 Å². The standard InChI is InChI=1S/C6H4.CH4O/c1-2-5-4-6(5)3-1;1-2/h1-4H;2H,1H3. The number of aliphatic hydroxyl groups excluding tert-OH is 1. The molecular weight excluding hydrogens is 100 g/mol. The summed E-state index contributed by atoms with van der Waals surface area (Å²) in [6.45, 7) is 0. The highest BCUT2D eigenvalue weighted by Crippen LogP contribution is 2.32. The summed E-state index contributed by atoms with van der Waals surface area (Å²) < 4.78 is 0. The van der Waals surface area contributed by atoms with Crippen LogP contribution in [0.5, 0.6) is 0 Å². The van der Waals surface area contributed by atoms with Crippen molar-refractivity contribution in [2.24, 2.45) is 0 Å². The molecule has 2 rings (SSSR count). The summed E-state index contributed by atoms with van der Waals surface area (Å²) in [5.41, 5.74) is 2.85. The molecule has 0 spiro atoms. The minimum atomic E-state index is 1.00. The molecule has 0 saturated heterocycles. The fraction of sp³-hybridized carbons (Fsp3) is 0.143. The smallest absolute Gasteiger partial charge is 0.0319 e. The van der Waals surface area contributed by atoms with Crippen LogP contribution in [0.3, 0.4) is 0 Å². The lowest BCUT2D eigenvalue weighted by Crippen LogP contribution is -1.25. The van der Waals surface area contributed by atoms with Gasteiger partial charge in [0.2, 0.25) is 0 Å². The second kappa shape index (κ2) is 1.97. The lowest BCUT2D eigenvalue weighted by atomic mass is 10.6. The van der Waals surface area contributed by atoms with E-state index in [9.17, 15) is 0 Å². The molecule has 0 heterocycles. The van der Waals surface area contributed by atoms with Gasteiger partial charge in [0.1, 0.15) is 0 Å². The van der Waals surface area contributed by atoms with E-state index in [2.05, 4.69) is 24.3 Å².